The lowest BCUT2D eigenvalue weighted by molar-refractivity contribution is -0.319. The Morgan fingerprint density at radius 3 is 1.13 bits per heavy atom. The molecule has 11 N–H and O–H groups in total. The molecule has 134 heavy (non-hydrogen) atoms. The molecule has 6 saturated heterocycles. The molecule has 780 valence electrons. The van der Waals surface area contributed by atoms with Crippen molar-refractivity contribution in [2.24, 2.45) is 35.5 Å². The Kier molecular flexibility index (Phi) is 47.0. The maximum absolute atomic E-state index is 14.6. The van der Waals surface area contributed by atoms with Crippen molar-refractivity contribution in [1.82, 2.24) is 35.6 Å². The number of carbonyl (C=O) groups is 8. The van der Waals surface area contributed by atoms with Crippen LogP contribution in [0.1, 0.15) is 218 Å². The molecule has 38 nitrogen and oxygen atoms in total. The fourth-order valence-electron chi connectivity index (χ4n) is 19.9. The van der Waals surface area contributed by atoms with Crippen molar-refractivity contribution in [3.8, 4) is 0 Å². The van der Waals surface area contributed by atoms with E-state index in [0.29, 0.717) is 25.9 Å². The van der Waals surface area contributed by atoms with E-state index in [1.807, 2.05) is 82.5 Å². The maximum Gasteiger partial charge on any atom is 0.330 e. The number of aliphatic hydroxyl groups excluding tert-OH is 4. The summed E-state index contributed by atoms with van der Waals surface area (Å²) in [6.07, 6.45) is -19.4. The first-order valence-electron chi connectivity index (χ1n) is 47.3. The van der Waals surface area contributed by atoms with Crippen molar-refractivity contribution in [1.29, 1.82) is 0 Å². The minimum absolute atomic E-state index is 0.000487. The van der Waals surface area contributed by atoms with Gasteiger partial charge in [-0.2, -0.15) is 12.6 Å². The molecule has 0 aromatic rings. The second-order valence-electron chi connectivity index (χ2n) is 40.4. The third-order valence-electron chi connectivity index (χ3n) is 27.9. The average Bonchev–Trinajstić information content (AvgIpc) is 1.00. The van der Waals surface area contributed by atoms with Crippen LogP contribution in [0.2, 0.25) is 0 Å². The molecule has 6 aliphatic heterocycles. The Labute approximate surface area is 808 Å². The van der Waals surface area contributed by atoms with Gasteiger partial charge in [-0.15, -0.1) is 0 Å². The van der Waals surface area contributed by atoms with E-state index in [9.17, 15) is 79.2 Å². The molecule has 0 aromatic heterocycles. The Balaban J connectivity index is 0.000000481. The number of nitrogens with zero attached hydrogens (tertiary/aromatic N) is 4. The summed E-state index contributed by atoms with van der Waals surface area (Å²) in [5.41, 5.74) is -9.37. The monoisotopic (exact) mass is 1980 g/mol. The van der Waals surface area contributed by atoms with Gasteiger partial charge in [-0.05, 0) is 197 Å². The van der Waals surface area contributed by atoms with Crippen LogP contribution in [0.15, 0.2) is 0 Å². The molecule has 0 unspecified atom stereocenters. The summed E-state index contributed by atoms with van der Waals surface area (Å²) in [4.78, 5) is 114. The second-order valence-corrected chi connectivity index (χ2v) is 43.3. The number of nitrogens with one attached hydrogen (secondary N) is 3. The number of thiol groups is 1. The zero-order valence-electron chi connectivity index (χ0n) is 85.5. The molecule has 0 aliphatic carbocycles. The van der Waals surface area contributed by atoms with Crippen LogP contribution in [-0.2, 0) is 109 Å². The normalized spacial score (nSPS) is 41.6. The fraction of sp³-hybridized carbons (Fsp3) is 0.914. The van der Waals surface area contributed by atoms with Gasteiger partial charge in [-0.3, -0.25) is 24.0 Å². The van der Waals surface area contributed by atoms with Crippen molar-refractivity contribution < 1.29 is 150 Å². The van der Waals surface area contributed by atoms with Crippen LogP contribution in [0.4, 0.5) is 0 Å². The van der Waals surface area contributed by atoms with Gasteiger partial charge in [0.2, 0.25) is 17.7 Å². The number of rotatable bonds is 29. The number of hydrogen-bond acceptors (Lipinski definition) is 38. The van der Waals surface area contributed by atoms with Crippen LogP contribution in [0.25, 0.3) is 0 Å². The minimum Gasteiger partial charge on any atom is -0.464 e. The number of esters is 5. The standard InChI is InChI=1S/C50H90N4O17S2.C43H79N3O14S/c1-18-37-50(13,63)41(57)30(7)54(16)23-26(3)21-48(11,62)43(28(5)39(29(6)44(59)68-37)69-38-22-49(12,64-17)42(58)31(8)67-38)71-47-40(36(53(14)15)20-27(4)66-47)70-46(61)35(52-33(10)56)25-73-72-24-34(51-32(9)55)45(60)65-19-2;1-16-31-43(11,53)35(48)26(6)46(14)20-22(2)18-41(9,52)37(24(4)33(25(5)38(50)57-31)58-32-19-42(10,54-15)36(49)27(7)56-32)60-40-34(30(45(12)13)17-23(3)55-40)59-39(51)29(21-61)44-28(8)47/h26-31,34-43,47,57-58,62-63H,18-25H2,1-17H3,(H,51,55)(H,52,56);22-27,29-37,40,48-49,52-53,61H,16-21H2,1-15H3,(H,44,47)/t26-,27-,28+,29-,30-,31+,34+,35+,36+,37-,38+,39+,40-,41-,42+,43-,47+,48-,49-,50-;22-,23-,24+,25-,26-,27+,29+,30+,31-,32+,33+,34-,35-,36+,37-,40+,41-,42-,43-/m11/s1. The van der Waals surface area contributed by atoms with Gasteiger partial charge in [0.1, 0.15) is 66.0 Å². The van der Waals surface area contributed by atoms with Gasteiger partial charge in [-0.25, -0.2) is 14.4 Å². The van der Waals surface area contributed by atoms with Crippen LogP contribution in [0, 0.1) is 35.5 Å². The summed E-state index contributed by atoms with van der Waals surface area (Å²) < 4.78 is 94.5. The molecular weight excluding hydrogens is 1810 g/mol. The first kappa shape index (κ1) is 120. The molecule has 0 bridgehead atoms. The molecule has 3 amide bonds. The number of hydrogen-bond donors (Lipinski definition) is 12. The SMILES string of the molecule is CCOC(=O)[C@H](CSSC[C@H](NC(C)=O)C(=O)O[C@H]1[C@H](O[C@@H]2[C@@H](C)[C@H](O[C@H]3C[C@@](C)(OC)[C@@H](O)[C@H](C)O3)[C@@H](C)C(=O)O[C@H](CC)[C@@](C)(O)[C@H](O)[C@@H](C)N(C)C[C@H](C)C[C@@]2(C)O)O[C@H](C)C[C@@H]1N(C)C)NC(C)=O.CC[C@H]1OC(=O)[C@H](C)[C@@H](O[C@H]2C[C@@](C)(OC)[C@@H](O)[C@H](C)O2)[C@H](C)[C@@H](O[C@@H]2O[C@H](C)C[C@H](N(C)C)[C@H]2OC(=O)[C@H](CS)NC(C)=O)[C@](C)(O)C[C@@H](C)CN(C)[C@H](C)[C@@H](O)[C@]1(C)O. The predicted molar refractivity (Wildman–Crippen MR) is 504 cm³/mol. The molecule has 39 atom stereocenters. The van der Waals surface area contributed by atoms with Crippen LogP contribution in [0.3, 0.4) is 0 Å². The number of ether oxygens (including phenoxy) is 15. The highest BCUT2D eigenvalue weighted by atomic mass is 33.1. The van der Waals surface area contributed by atoms with E-state index in [1.54, 1.807) is 111 Å². The zero-order valence-corrected chi connectivity index (χ0v) is 88.0. The molecule has 0 spiro atoms. The first-order valence-corrected chi connectivity index (χ1v) is 50.5. The molecule has 6 fully saturated rings. The van der Waals surface area contributed by atoms with Gasteiger partial charge < -0.3 is 147 Å². The van der Waals surface area contributed by atoms with Crippen LogP contribution in [-0.4, -0.2) is 400 Å². The highest BCUT2D eigenvalue weighted by Crippen LogP contribution is 2.45. The quantitative estimate of drug-likeness (QED) is 0.0163. The first-order chi connectivity index (χ1) is 62.0. The molecule has 41 heteroatoms. The Bertz CT molecular complexity index is 3700. The minimum atomic E-state index is -1.89. The van der Waals surface area contributed by atoms with Crippen LogP contribution >= 0.6 is 34.2 Å². The van der Waals surface area contributed by atoms with E-state index < -0.39 is 264 Å². The van der Waals surface area contributed by atoms with Gasteiger partial charge in [0, 0.05) is 102 Å². The van der Waals surface area contributed by atoms with Crippen molar-refractivity contribution >= 4 is 81.8 Å². The van der Waals surface area contributed by atoms with Gasteiger partial charge in [0.05, 0.1) is 102 Å². The third-order valence-corrected chi connectivity index (χ3v) is 30.7. The predicted octanol–water partition coefficient (Wildman–Crippen LogP) is 4.29. The molecule has 6 heterocycles. The van der Waals surface area contributed by atoms with E-state index >= 15 is 0 Å². The molecular formula is C93H169N7O31S3. The van der Waals surface area contributed by atoms with E-state index in [4.69, 9.17) is 71.1 Å². The molecule has 0 saturated carbocycles. The van der Waals surface area contributed by atoms with E-state index in [-0.39, 0.29) is 80.3 Å². The van der Waals surface area contributed by atoms with Crippen molar-refractivity contribution in [3.05, 3.63) is 0 Å². The number of carbonyl (C=O) groups excluding carboxylic acids is 8. The van der Waals surface area contributed by atoms with Gasteiger partial charge in [0.25, 0.3) is 0 Å². The lowest BCUT2D eigenvalue weighted by Gasteiger charge is -2.49. The smallest absolute Gasteiger partial charge is 0.330 e. The summed E-state index contributed by atoms with van der Waals surface area (Å²) >= 11 is 4.28. The maximum atomic E-state index is 14.6. The van der Waals surface area contributed by atoms with Gasteiger partial charge >= 0.3 is 29.8 Å². The lowest BCUT2D eigenvalue weighted by Crippen LogP contribution is -2.61. The average molecular weight is 1980 g/mol. The zero-order chi connectivity index (χ0) is 102. The largest absolute Gasteiger partial charge is 0.464 e. The number of likely N-dealkylation sites (N-methyl/N-ethyl adjacent to an activating group) is 4. The number of methoxy groups -OCH3 is 2. The number of amides is 3. The number of cyclic esters (lactones) is 2. The third kappa shape index (κ3) is 32.0. The van der Waals surface area contributed by atoms with Crippen molar-refractivity contribution in [3.63, 3.8) is 0 Å². The van der Waals surface area contributed by atoms with Crippen LogP contribution < -0.4 is 16.0 Å². The topological polar surface area (TPSA) is 486 Å². The molecule has 6 rings (SSSR count). The summed E-state index contributed by atoms with van der Waals surface area (Å²) in [5, 5.41) is 103. The van der Waals surface area contributed by atoms with E-state index in [1.165, 1.54) is 70.4 Å². The van der Waals surface area contributed by atoms with Gasteiger partial charge in [0.15, 0.2) is 37.4 Å². The van der Waals surface area contributed by atoms with Crippen molar-refractivity contribution in [2.75, 3.05) is 93.5 Å². The van der Waals surface area contributed by atoms with E-state index in [0.717, 1.165) is 0 Å². The second kappa shape index (κ2) is 52.3. The Hall–Kier alpha value is -4.07. The molecule has 0 radical (unpaired) electrons. The fourth-order valence-corrected chi connectivity index (χ4v) is 22.4. The highest BCUT2D eigenvalue weighted by Gasteiger charge is 2.58. The highest BCUT2D eigenvalue weighted by molar-refractivity contribution is 8.76. The molecule has 6 aliphatic rings. The lowest BCUT2D eigenvalue weighted by atomic mass is 9.77. The Morgan fingerprint density at radius 2 is 0.821 bits per heavy atom. The molecule has 0 aromatic carbocycles. The summed E-state index contributed by atoms with van der Waals surface area (Å²) in [6.45, 7) is 40.8. The Morgan fingerprint density at radius 1 is 0.493 bits per heavy atom. The number of aliphatic hydroxyl groups is 8. The summed E-state index contributed by atoms with van der Waals surface area (Å²) in [7, 11) is 16.3. The van der Waals surface area contributed by atoms with Gasteiger partial charge in [-0.1, -0.05) is 63.1 Å². The van der Waals surface area contributed by atoms with E-state index in [2.05, 4.69) is 28.6 Å². The summed E-state index contributed by atoms with van der Waals surface area (Å²) in [6, 6.07) is -5.36. The summed E-state index contributed by atoms with van der Waals surface area (Å²) in [5.74, 6) is -9.49. The van der Waals surface area contributed by atoms with Crippen molar-refractivity contribution in [2.45, 2.75) is 416 Å². The van der Waals surface area contributed by atoms with Crippen LogP contribution in [0.5, 0.6) is 0 Å².